The monoisotopic (exact) mass is 188 g/mol. The zero-order valence-electron chi connectivity index (χ0n) is 7.33. The Balaban J connectivity index is 2.15. The third-order valence-corrected chi connectivity index (χ3v) is 1.71. The van der Waals surface area contributed by atoms with Gasteiger partial charge in [-0.25, -0.2) is 9.36 Å². The molecule has 2 aromatic heterocycles. The topological polar surface area (TPSA) is 85.5 Å². The molecule has 0 radical (unpaired) electrons. The van der Waals surface area contributed by atoms with Crippen LogP contribution >= 0.6 is 0 Å². The molecule has 0 aliphatic rings. The first-order valence-corrected chi connectivity index (χ1v) is 3.98. The number of hydrogen-bond acceptors (Lipinski definition) is 4. The molecule has 0 fully saturated rings. The Bertz CT molecular complexity index is 474. The SMILES string of the molecule is N#Cc1cnn(Cn2cc(N)cn2)c1. The van der Waals surface area contributed by atoms with Crippen molar-refractivity contribution in [1.82, 2.24) is 19.6 Å². The van der Waals surface area contributed by atoms with Gasteiger partial charge in [0.15, 0.2) is 0 Å². The average molecular weight is 188 g/mol. The quantitative estimate of drug-likeness (QED) is 0.720. The van der Waals surface area contributed by atoms with E-state index < -0.39 is 0 Å². The summed E-state index contributed by atoms with van der Waals surface area (Å²) in [6, 6.07) is 2.00. The molecule has 0 aliphatic carbocycles. The fraction of sp³-hybridized carbons (Fsp3) is 0.125. The molecule has 2 rings (SSSR count). The van der Waals surface area contributed by atoms with E-state index in [0.29, 0.717) is 17.9 Å². The molecule has 2 aromatic rings. The van der Waals surface area contributed by atoms with Crippen molar-refractivity contribution in [3.63, 3.8) is 0 Å². The van der Waals surface area contributed by atoms with Crippen LogP contribution in [0.25, 0.3) is 0 Å². The highest BCUT2D eigenvalue weighted by atomic mass is 15.4. The Morgan fingerprint density at radius 2 is 2.00 bits per heavy atom. The number of rotatable bonds is 2. The van der Waals surface area contributed by atoms with Crippen molar-refractivity contribution in [2.24, 2.45) is 0 Å². The molecule has 6 heteroatoms. The second kappa shape index (κ2) is 3.22. The van der Waals surface area contributed by atoms with Crippen LogP contribution in [-0.2, 0) is 6.67 Å². The molecule has 0 bridgehead atoms. The van der Waals surface area contributed by atoms with Crippen LogP contribution in [0.2, 0.25) is 0 Å². The van der Waals surface area contributed by atoms with E-state index in [9.17, 15) is 0 Å². The number of nitrogens with two attached hydrogens (primary N) is 1. The molecule has 0 atom stereocenters. The Hall–Kier alpha value is -2.29. The van der Waals surface area contributed by atoms with E-state index in [1.54, 1.807) is 28.0 Å². The van der Waals surface area contributed by atoms with Crippen LogP contribution in [0.1, 0.15) is 5.56 Å². The highest BCUT2D eigenvalue weighted by Gasteiger charge is 1.98. The Labute approximate surface area is 80.2 Å². The van der Waals surface area contributed by atoms with Gasteiger partial charge in [-0.05, 0) is 0 Å². The zero-order chi connectivity index (χ0) is 9.97. The lowest BCUT2D eigenvalue weighted by molar-refractivity contribution is 0.503. The minimum Gasteiger partial charge on any atom is -0.396 e. The summed E-state index contributed by atoms with van der Waals surface area (Å²) in [4.78, 5) is 0. The summed E-state index contributed by atoms with van der Waals surface area (Å²) in [6.45, 7) is 0.457. The first-order valence-electron chi connectivity index (χ1n) is 3.98. The molecule has 6 nitrogen and oxygen atoms in total. The van der Waals surface area contributed by atoms with Gasteiger partial charge in [0.1, 0.15) is 12.7 Å². The van der Waals surface area contributed by atoms with E-state index in [2.05, 4.69) is 10.2 Å². The predicted octanol–water partition coefficient (Wildman–Crippen LogP) is 0.0393. The van der Waals surface area contributed by atoms with Gasteiger partial charge in [-0.2, -0.15) is 15.5 Å². The molecular formula is C8H8N6. The predicted molar refractivity (Wildman–Crippen MR) is 49.0 cm³/mol. The van der Waals surface area contributed by atoms with Gasteiger partial charge in [0.2, 0.25) is 0 Å². The molecule has 0 saturated carbocycles. The fourth-order valence-electron chi connectivity index (χ4n) is 1.10. The summed E-state index contributed by atoms with van der Waals surface area (Å²) >= 11 is 0. The minimum atomic E-state index is 0.457. The van der Waals surface area contributed by atoms with Crippen LogP contribution in [-0.4, -0.2) is 19.6 Å². The molecule has 2 heterocycles. The number of anilines is 1. The van der Waals surface area contributed by atoms with E-state index in [0.717, 1.165) is 0 Å². The maximum absolute atomic E-state index is 8.58. The molecule has 70 valence electrons. The van der Waals surface area contributed by atoms with E-state index >= 15 is 0 Å². The Morgan fingerprint density at radius 1 is 1.29 bits per heavy atom. The second-order valence-corrected chi connectivity index (χ2v) is 2.83. The number of aromatic nitrogens is 4. The number of hydrogen-bond donors (Lipinski definition) is 1. The summed E-state index contributed by atoms with van der Waals surface area (Å²) in [7, 11) is 0. The molecule has 0 spiro atoms. The lowest BCUT2D eigenvalue weighted by Crippen LogP contribution is -2.08. The maximum atomic E-state index is 8.58. The van der Waals surface area contributed by atoms with E-state index in [1.807, 2.05) is 6.07 Å². The first-order chi connectivity index (χ1) is 6.78. The van der Waals surface area contributed by atoms with Crippen molar-refractivity contribution in [2.75, 3.05) is 5.73 Å². The van der Waals surface area contributed by atoms with E-state index in [-0.39, 0.29) is 0 Å². The van der Waals surface area contributed by atoms with Crippen LogP contribution < -0.4 is 5.73 Å². The third-order valence-electron chi connectivity index (χ3n) is 1.71. The van der Waals surface area contributed by atoms with Gasteiger partial charge in [0.25, 0.3) is 0 Å². The normalized spacial score (nSPS) is 9.93. The molecule has 14 heavy (non-hydrogen) atoms. The van der Waals surface area contributed by atoms with Crippen LogP contribution in [0.5, 0.6) is 0 Å². The highest BCUT2D eigenvalue weighted by Crippen LogP contribution is 1.99. The highest BCUT2D eigenvalue weighted by molar-refractivity contribution is 5.30. The lowest BCUT2D eigenvalue weighted by Gasteiger charge is -1.99. The number of nitriles is 1. The molecule has 0 amide bonds. The van der Waals surface area contributed by atoms with Crippen LogP contribution in [0.4, 0.5) is 5.69 Å². The minimum absolute atomic E-state index is 0.457. The average Bonchev–Trinajstić information content (AvgIpc) is 2.76. The van der Waals surface area contributed by atoms with Crippen molar-refractivity contribution in [3.8, 4) is 6.07 Å². The van der Waals surface area contributed by atoms with Gasteiger partial charge >= 0.3 is 0 Å². The first kappa shape index (κ1) is 8.31. The maximum Gasteiger partial charge on any atom is 0.133 e. The summed E-state index contributed by atoms with van der Waals surface area (Å²) in [6.07, 6.45) is 6.42. The molecule has 0 aliphatic heterocycles. The molecule has 2 N–H and O–H groups in total. The van der Waals surface area contributed by atoms with E-state index in [1.165, 1.54) is 6.20 Å². The summed E-state index contributed by atoms with van der Waals surface area (Å²) < 4.78 is 3.26. The van der Waals surface area contributed by atoms with Gasteiger partial charge in [-0.3, -0.25) is 0 Å². The van der Waals surface area contributed by atoms with Gasteiger partial charge in [-0.15, -0.1) is 0 Å². The van der Waals surface area contributed by atoms with Crippen molar-refractivity contribution in [1.29, 1.82) is 5.26 Å². The van der Waals surface area contributed by atoms with Crippen LogP contribution in [0.3, 0.4) is 0 Å². The number of nitrogen functional groups attached to an aromatic ring is 1. The lowest BCUT2D eigenvalue weighted by atomic mass is 10.4. The van der Waals surface area contributed by atoms with E-state index in [4.69, 9.17) is 11.0 Å². The Kier molecular flexibility index (Phi) is 1.91. The Morgan fingerprint density at radius 3 is 2.57 bits per heavy atom. The largest absolute Gasteiger partial charge is 0.396 e. The van der Waals surface area contributed by atoms with Crippen LogP contribution in [0, 0.1) is 11.3 Å². The van der Waals surface area contributed by atoms with Gasteiger partial charge in [0, 0.05) is 6.20 Å². The van der Waals surface area contributed by atoms with Gasteiger partial charge < -0.3 is 5.73 Å². The van der Waals surface area contributed by atoms with Crippen molar-refractivity contribution < 1.29 is 0 Å². The second-order valence-electron chi connectivity index (χ2n) is 2.83. The van der Waals surface area contributed by atoms with Crippen LogP contribution in [0.15, 0.2) is 24.8 Å². The smallest absolute Gasteiger partial charge is 0.133 e. The van der Waals surface area contributed by atoms with Crippen molar-refractivity contribution >= 4 is 5.69 Å². The zero-order valence-corrected chi connectivity index (χ0v) is 7.33. The summed E-state index contributed by atoms with van der Waals surface area (Å²) in [5, 5.41) is 16.6. The molecule has 0 unspecified atom stereocenters. The summed E-state index contributed by atoms with van der Waals surface area (Å²) in [5.74, 6) is 0. The summed E-state index contributed by atoms with van der Waals surface area (Å²) in [5.41, 5.74) is 6.64. The van der Waals surface area contributed by atoms with Crippen molar-refractivity contribution in [3.05, 3.63) is 30.4 Å². The molecule has 0 aromatic carbocycles. The van der Waals surface area contributed by atoms with Gasteiger partial charge in [0.05, 0.1) is 29.8 Å². The number of nitrogens with zero attached hydrogens (tertiary/aromatic N) is 5. The molecular weight excluding hydrogens is 180 g/mol. The van der Waals surface area contributed by atoms with Gasteiger partial charge in [-0.1, -0.05) is 0 Å². The fourth-order valence-corrected chi connectivity index (χ4v) is 1.10. The third kappa shape index (κ3) is 1.56. The standard InChI is InChI=1S/C8H8N6/c9-1-7-2-11-13(4-7)6-14-5-8(10)3-12-14/h2-5H,6,10H2. The molecule has 0 saturated heterocycles. The van der Waals surface area contributed by atoms with Crippen molar-refractivity contribution in [2.45, 2.75) is 6.67 Å².